The lowest BCUT2D eigenvalue weighted by atomic mass is 9.90. The Bertz CT molecular complexity index is 543. The van der Waals surface area contributed by atoms with E-state index < -0.39 is 0 Å². The third kappa shape index (κ3) is 3.31. The zero-order valence-corrected chi connectivity index (χ0v) is 12.0. The predicted octanol–water partition coefficient (Wildman–Crippen LogP) is 2.25. The van der Waals surface area contributed by atoms with Crippen LogP contribution in [-0.2, 0) is 4.79 Å². The van der Waals surface area contributed by atoms with Gasteiger partial charge in [0.15, 0.2) is 0 Å². The highest BCUT2D eigenvalue weighted by atomic mass is 16.2. The minimum Gasteiger partial charge on any atom is -0.339 e. The fourth-order valence-electron chi connectivity index (χ4n) is 2.83. The summed E-state index contributed by atoms with van der Waals surface area (Å²) < 4.78 is 0. The van der Waals surface area contributed by atoms with Gasteiger partial charge in [0.25, 0.3) is 0 Å². The minimum atomic E-state index is 0.193. The molecule has 1 fully saturated rings. The number of hydrogen-bond donors (Lipinski definition) is 1. The van der Waals surface area contributed by atoms with Crippen molar-refractivity contribution in [1.82, 2.24) is 10.2 Å². The molecule has 2 aromatic carbocycles. The normalized spacial score (nSPS) is 15.5. The van der Waals surface area contributed by atoms with Crippen LogP contribution in [0.5, 0.6) is 0 Å². The summed E-state index contributed by atoms with van der Waals surface area (Å²) in [6.45, 7) is 2.86. The maximum atomic E-state index is 12.1. The number of carbonyl (C=O) groups excluding carboxylic acids is 1. The molecule has 2 aromatic rings. The molecule has 0 saturated carbocycles. The van der Waals surface area contributed by atoms with E-state index in [0.29, 0.717) is 6.54 Å². The Kier molecular flexibility index (Phi) is 4.31. The molecule has 21 heavy (non-hydrogen) atoms. The molecule has 1 aliphatic rings. The summed E-state index contributed by atoms with van der Waals surface area (Å²) in [6.07, 6.45) is 0. The fourth-order valence-corrected chi connectivity index (χ4v) is 2.83. The second kappa shape index (κ2) is 6.55. The van der Waals surface area contributed by atoms with Gasteiger partial charge in [-0.15, -0.1) is 0 Å². The van der Waals surface area contributed by atoms with Gasteiger partial charge in [-0.25, -0.2) is 0 Å². The molecule has 0 aromatic heterocycles. The highest BCUT2D eigenvalue weighted by molar-refractivity contribution is 5.79. The zero-order chi connectivity index (χ0) is 14.5. The standard InChI is InChI=1S/C18H20N2O/c21-18-13-19-11-12-20(18)14-17(15-7-3-1-4-8-15)16-9-5-2-6-10-16/h1-10,17,19H,11-14H2. The van der Waals surface area contributed by atoms with Gasteiger partial charge in [-0.2, -0.15) is 0 Å². The number of nitrogens with one attached hydrogen (secondary N) is 1. The molecule has 0 unspecified atom stereocenters. The van der Waals surface area contributed by atoms with Crippen molar-refractivity contribution in [2.45, 2.75) is 5.92 Å². The van der Waals surface area contributed by atoms with Gasteiger partial charge >= 0.3 is 0 Å². The molecule has 3 nitrogen and oxygen atoms in total. The SMILES string of the molecule is O=C1CNCCN1CC(c1ccccc1)c1ccccc1. The van der Waals surface area contributed by atoms with E-state index in [0.717, 1.165) is 19.6 Å². The summed E-state index contributed by atoms with van der Waals surface area (Å²) in [5.74, 6) is 0.424. The van der Waals surface area contributed by atoms with Crippen LogP contribution < -0.4 is 5.32 Å². The van der Waals surface area contributed by atoms with E-state index in [1.807, 2.05) is 17.0 Å². The largest absolute Gasteiger partial charge is 0.339 e. The van der Waals surface area contributed by atoms with Crippen molar-refractivity contribution in [2.75, 3.05) is 26.2 Å². The number of amides is 1. The van der Waals surface area contributed by atoms with Gasteiger partial charge in [0, 0.05) is 25.6 Å². The van der Waals surface area contributed by atoms with Gasteiger partial charge in [-0.1, -0.05) is 60.7 Å². The van der Waals surface area contributed by atoms with Crippen molar-refractivity contribution in [3.63, 3.8) is 0 Å². The average molecular weight is 280 g/mol. The molecular formula is C18H20N2O. The Labute approximate surface area is 125 Å². The van der Waals surface area contributed by atoms with Crippen LogP contribution in [0.25, 0.3) is 0 Å². The first-order valence-electron chi connectivity index (χ1n) is 7.43. The molecule has 0 atom stereocenters. The maximum absolute atomic E-state index is 12.1. The molecule has 0 spiro atoms. The molecule has 1 saturated heterocycles. The van der Waals surface area contributed by atoms with E-state index >= 15 is 0 Å². The van der Waals surface area contributed by atoms with Crippen LogP contribution in [-0.4, -0.2) is 37.0 Å². The van der Waals surface area contributed by atoms with Crippen LogP contribution in [0.4, 0.5) is 0 Å². The van der Waals surface area contributed by atoms with Gasteiger partial charge in [0.1, 0.15) is 0 Å². The van der Waals surface area contributed by atoms with Crippen LogP contribution in [0.3, 0.4) is 0 Å². The molecule has 108 valence electrons. The quantitative estimate of drug-likeness (QED) is 0.931. The zero-order valence-electron chi connectivity index (χ0n) is 12.0. The summed E-state index contributed by atoms with van der Waals surface area (Å²) in [6, 6.07) is 20.9. The number of piperazine rings is 1. The Hall–Kier alpha value is -2.13. The summed E-state index contributed by atoms with van der Waals surface area (Å²) in [7, 11) is 0. The highest BCUT2D eigenvalue weighted by Gasteiger charge is 2.23. The van der Waals surface area contributed by atoms with Crippen molar-refractivity contribution >= 4 is 5.91 Å². The smallest absolute Gasteiger partial charge is 0.236 e. The van der Waals surface area contributed by atoms with Crippen molar-refractivity contribution in [3.8, 4) is 0 Å². The van der Waals surface area contributed by atoms with E-state index in [1.165, 1.54) is 11.1 Å². The highest BCUT2D eigenvalue weighted by Crippen LogP contribution is 2.25. The molecule has 0 radical (unpaired) electrons. The topological polar surface area (TPSA) is 32.3 Å². The third-order valence-corrected chi connectivity index (χ3v) is 3.99. The molecule has 1 amide bonds. The first-order valence-corrected chi connectivity index (χ1v) is 7.43. The number of benzene rings is 2. The lowest BCUT2D eigenvalue weighted by Gasteiger charge is -2.31. The van der Waals surface area contributed by atoms with E-state index in [9.17, 15) is 4.79 Å². The van der Waals surface area contributed by atoms with Crippen LogP contribution in [0.2, 0.25) is 0 Å². The van der Waals surface area contributed by atoms with E-state index in [2.05, 4.69) is 53.8 Å². The van der Waals surface area contributed by atoms with Gasteiger partial charge in [0.2, 0.25) is 5.91 Å². The third-order valence-electron chi connectivity index (χ3n) is 3.99. The van der Waals surface area contributed by atoms with E-state index in [1.54, 1.807) is 0 Å². The van der Waals surface area contributed by atoms with Crippen molar-refractivity contribution in [2.24, 2.45) is 0 Å². The Morgan fingerprint density at radius 1 is 0.952 bits per heavy atom. The lowest BCUT2D eigenvalue weighted by Crippen LogP contribution is -2.49. The van der Waals surface area contributed by atoms with E-state index in [-0.39, 0.29) is 11.8 Å². The summed E-state index contributed by atoms with van der Waals surface area (Å²) >= 11 is 0. The Morgan fingerprint density at radius 2 is 1.52 bits per heavy atom. The van der Waals surface area contributed by atoms with Gasteiger partial charge in [0.05, 0.1) is 6.54 Å². The Morgan fingerprint density at radius 3 is 2.05 bits per heavy atom. The lowest BCUT2D eigenvalue weighted by molar-refractivity contribution is -0.132. The molecule has 0 aliphatic carbocycles. The van der Waals surface area contributed by atoms with E-state index in [4.69, 9.17) is 0 Å². The Balaban J connectivity index is 1.88. The number of nitrogens with zero attached hydrogens (tertiary/aromatic N) is 1. The monoisotopic (exact) mass is 280 g/mol. The summed E-state index contributed by atoms with van der Waals surface area (Å²) in [5.41, 5.74) is 2.52. The molecule has 1 aliphatic heterocycles. The molecule has 1 heterocycles. The first-order chi connectivity index (χ1) is 10.3. The fraction of sp³-hybridized carbons (Fsp3) is 0.278. The van der Waals surface area contributed by atoms with Crippen molar-refractivity contribution in [3.05, 3.63) is 71.8 Å². The summed E-state index contributed by atoms with van der Waals surface area (Å²) in [5, 5.41) is 3.13. The van der Waals surface area contributed by atoms with Crippen LogP contribution in [0.1, 0.15) is 17.0 Å². The molecule has 0 bridgehead atoms. The van der Waals surface area contributed by atoms with Crippen LogP contribution in [0.15, 0.2) is 60.7 Å². The molecule has 3 heteroatoms. The molecule has 3 rings (SSSR count). The number of hydrogen-bond acceptors (Lipinski definition) is 2. The maximum Gasteiger partial charge on any atom is 0.236 e. The second-order valence-corrected chi connectivity index (χ2v) is 5.39. The molecule has 1 N–H and O–H groups in total. The average Bonchev–Trinajstić information content (AvgIpc) is 2.56. The summed E-state index contributed by atoms with van der Waals surface area (Å²) in [4.78, 5) is 14.0. The van der Waals surface area contributed by atoms with Gasteiger partial charge in [-0.05, 0) is 11.1 Å². The number of carbonyl (C=O) groups is 1. The van der Waals surface area contributed by atoms with Crippen LogP contribution in [0, 0.1) is 0 Å². The minimum absolute atomic E-state index is 0.193. The first kappa shape index (κ1) is 13.8. The van der Waals surface area contributed by atoms with Crippen molar-refractivity contribution < 1.29 is 4.79 Å². The van der Waals surface area contributed by atoms with Crippen molar-refractivity contribution in [1.29, 1.82) is 0 Å². The van der Waals surface area contributed by atoms with Crippen LogP contribution >= 0.6 is 0 Å². The predicted molar refractivity (Wildman–Crippen MR) is 84.2 cm³/mol. The molecular weight excluding hydrogens is 260 g/mol. The van der Waals surface area contributed by atoms with Gasteiger partial charge in [-0.3, -0.25) is 4.79 Å². The number of rotatable bonds is 4. The van der Waals surface area contributed by atoms with Gasteiger partial charge < -0.3 is 10.2 Å². The second-order valence-electron chi connectivity index (χ2n) is 5.39.